The highest BCUT2D eigenvalue weighted by Gasteiger charge is 2.26. The van der Waals surface area contributed by atoms with Crippen LogP contribution in [0.2, 0.25) is 0 Å². The smallest absolute Gasteiger partial charge is 0.236 e. The molecule has 1 aromatic heterocycles. The van der Waals surface area contributed by atoms with Crippen LogP contribution in [0.25, 0.3) is 0 Å². The van der Waals surface area contributed by atoms with E-state index in [-0.39, 0.29) is 11.8 Å². The molecule has 0 spiro atoms. The quantitative estimate of drug-likeness (QED) is 0.751. The van der Waals surface area contributed by atoms with Crippen molar-refractivity contribution in [3.63, 3.8) is 0 Å². The first-order valence-electron chi connectivity index (χ1n) is 8.82. The molecule has 138 valence electrons. The number of hydrogen-bond donors (Lipinski definition) is 0. The molecule has 0 saturated carbocycles. The summed E-state index contributed by atoms with van der Waals surface area (Å²) in [6, 6.07) is 0. The lowest BCUT2D eigenvalue weighted by Gasteiger charge is -2.36. The highest BCUT2D eigenvalue weighted by atomic mass is 16.5. The predicted molar refractivity (Wildman–Crippen MR) is 90.1 cm³/mol. The number of aryl methyl sites for hydroxylation is 2. The van der Waals surface area contributed by atoms with Gasteiger partial charge in [-0.1, -0.05) is 5.16 Å². The van der Waals surface area contributed by atoms with E-state index in [0.717, 1.165) is 24.3 Å². The van der Waals surface area contributed by atoms with Crippen LogP contribution in [0.15, 0.2) is 4.52 Å². The van der Waals surface area contributed by atoms with Crippen molar-refractivity contribution in [3.05, 3.63) is 17.0 Å². The van der Waals surface area contributed by atoms with Crippen LogP contribution in [-0.2, 0) is 20.7 Å². The Labute approximate surface area is 147 Å². The lowest BCUT2D eigenvalue weighted by Crippen LogP contribution is -2.53. The summed E-state index contributed by atoms with van der Waals surface area (Å²) in [5, 5.41) is 3.89. The number of amides is 2. The van der Waals surface area contributed by atoms with Crippen LogP contribution in [0.1, 0.15) is 17.0 Å². The largest absolute Gasteiger partial charge is 0.379 e. The van der Waals surface area contributed by atoms with E-state index in [1.54, 1.807) is 0 Å². The van der Waals surface area contributed by atoms with Crippen molar-refractivity contribution >= 4 is 11.8 Å². The van der Waals surface area contributed by atoms with Gasteiger partial charge in [-0.3, -0.25) is 14.5 Å². The second-order valence-corrected chi connectivity index (χ2v) is 6.63. The fourth-order valence-corrected chi connectivity index (χ4v) is 3.27. The summed E-state index contributed by atoms with van der Waals surface area (Å²) in [6.07, 6.45) is 0.308. The molecular formula is C17H26N4O4. The van der Waals surface area contributed by atoms with Crippen molar-refractivity contribution in [2.24, 2.45) is 0 Å². The van der Waals surface area contributed by atoms with Crippen LogP contribution in [0.5, 0.6) is 0 Å². The molecule has 2 aliphatic rings. The number of aromatic nitrogens is 1. The summed E-state index contributed by atoms with van der Waals surface area (Å²) in [5.74, 6) is 0.902. The first-order valence-corrected chi connectivity index (χ1v) is 8.82. The molecular weight excluding hydrogens is 324 g/mol. The fraction of sp³-hybridized carbons (Fsp3) is 0.706. The molecule has 0 aromatic carbocycles. The van der Waals surface area contributed by atoms with E-state index in [9.17, 15) is 9.59 Å². The van der Waals surface area contributed by atoms with Crippen LogP contribution < -0.4 is 0 Å². The summed E-state index contributed by atoms with van der Waals surface area (Å²) in [7, 11) is 0. The summed E-state index contributed by atoms with van der Waals surface area (Å²) in [5.41, 5.74) is 1.64. The third-order valence-corrected chi connectivity index (χ3v) is 4.96. The SMILES string of the molecule is Cc1noc(C)c1CC(=O)N1CCN(C(=O)CN2CCOCC2)CC1. The molecule has 2 fully saturated rings. The number of rotatable bonds is 4. The summed E-state index contributed by atoms with van der Waals surface area (Å²) < 4.78 is 10.4. The van der Waals surface area contributed by atoms with Gasteiger partial charge in [-0.2, -0.15) is 0 Å². The number of piperazine rings is 1. The predicted octanol–water partition coefficient (Wildman–Crippen LogP) is -0.163. The fourth-order valence-electron chi connectivity index (χ4n) is 3.27. The second kappa shape index (κ2) is 7.97. The van der Waals surface area contributed by atoms with E-state index in [4.69, 9.17) is 9.26 Å². The monoisotopic (exact) mass is 350 g/mol. The normalized spacial score (nSPS) is 19.3. The van der Waals surface area contributed by atoms with Crippen LogP contribution in [-0.4, -0.2) is 90.7 Å². The number of carbonyl (C=O) groups is 2. The zero-order valence-corrected chi connectivity index (χ0v) is 15.0. The first-order chi connectivity index (χ1) is 12.0. The van der Waals surface area contributed by atoms with Gasteiger partial charge in [0.1, 0.15) is 5.76 Å². The molecule has 1 aromatic rings. The minimum atomic E-state index is 0.0645. The van der Waals surface area contributed by atoms with Gasteiger partial charge >= 0.3 is 0 Å². The molecule has 0 radical (unpaired) electrons. The van der Waals surface area contributed by atoms with E-state index in [2.05, 4.69) is 10.1 Å². The molecule has 2 aliphatic heterocycles. The van der Waals surface area contributed by atoms with Gasteiger partial charge in [0.05, 0.1) is 31.9 Å². The van der Waals surface area contributed by atoms with Gasteiger partial charge in [0.25, 0.3) is 0 Å². The Bertz CT molecular complexity index is 597. The Kier molecular flexibility index (Phi) is 5.70. The second-order valence-electron chi connectivity index (χ2n) is 6.63. The van der Waals surface area contributed by atoms with Crippen molar-refractivity contribution in [1.82, 2.24) is 19.9 Å². The third-order valence-electron chi connectivity index (χ3n) is 4.96. The third kappa shape index (κ3) is 4.38. The molecule has 0 N–H and O–H groups in total. The Morgan fingerprint density at radius 3 is 2.12 bits per heavy atom. The number of hydrogen-bond acceptors (Lipinski definition) is 6. The maximum atomic E-state index is 12.5. The Morgan fingerprint density at radius 2 is 1.56 bits per heavy atom. The summed E-state index contributed by atoms with van der Waals surface area (Å²) >= 11 is 0. The van der Waals surface area contributed by atoms with Crippen molar-refractivity contribution in [3.8, 4) is 0 Å². The first kappa shape index (κ1) is 17.9. The average Bonchev–Trinajstić information content (AvgIpc) is 2.94. The van der Waals surface area contributed by atoms with E-state index in [1.165, 1.54) is 0 Å². The molecule has 2 amide bonds. The average molecular weight is 350 g/mol. The molecule has 3 rings (SSSR count). The molecule has 2 saturated heterocycles. The zero-order chi connectivity index (χ0) is 17.8. The lowest BCUT2D eigenvalue weighted by atomic mass is 10.1. The van der Waals surface area contributed by atoms with Gasteiger partial charge in [0, 0.05) is 44.8 Å². The standard InChI is InChI=1S/C17H26N4O4/c1-13-15(14(2)25-18-13)11-16(22)20-3-5-21(6-4-20)17(23)12-19-7-9-24-10-8-19/h3-12H2,1-2H3. The topological polar surface area (TPSA) is 79.1 Å². The maximum Gasteiger partial charge on any atom is 0.236 e. The molecule has 0 bridgehead atoms. The van der Waals surface area contributed by atoms with E-state index < -0.39 is 0 Å². The van der Waals surface area contributed by atoms with Gasteiger partial charge in [-0.05, 0) is 13.8 Å². The number of ether oxygens (including phenoxy) is 1. The molecule has 3 heterocycles. The molecule has 25 heavy (non-hydrogen) atoms. The highest BCUT2D eigenvalue weighted by molar-refractivity contribution is 5.81. The Hall–Kier alpha value is -1.93. The number of morpholine rings is 1. The molecule has 0 aliphatic carbocycles. The van der Waals surface area contributed by atoms with Crippen LogP contribution in [0, 0.1) is 13.8 Å². The molecule has 8 nitrogen and oxygen atoms in total. The van der Waals surface area contributed by atoms with Gasteiger partial charge in [-0.15, -0.1) is 0 Å². The van der Waals surface area contributed by atoms with Crippen molar-refractivity contribution in [2.75, 3.05) is 59.0 Å². The van der Waals surface area contributed by atoms with Gasteiger partial charge in [-0.25, -0.2) is 0 Å². The van der Waals surface area contributed by atoms with Gasteiger partial charge in [0.15, 0.2) is 0 Å². The van der Waals surface area contributed by atoms with Crippen LogP contribution in [0.4, 0.5) is 0 Å². The summed E-state index contributed by atoms with van der Waals surface area (Å²) in [6.45, 7) is 9.46. The van der Waals surface area contributed by atoms with Crippen LogP contribution >= 0.6 is 0 Å². The number of nitrogens with zero attached hydrogens (tertiary/aromatic N) is 4. The Morgan fingerprint density at radius 1 is 0.960 bits per heavy atom. The molecule has 0 atom stereocenters. The van der Waals surface area contributed by atoms with E-state index in [1.807, 2.05) is 23.6 Å². The number of carbonyl (C=O) groups excluding carboxylic acids is 2. The highest BCUT2D eigenvalue weighted by Crippen LogP contribution is 2.15. The lowest BCUT2D eigenvalue weighted by molar-refractivity contribution is -0.140. The summed E-state index contributed by atoms with van der Waals surface area (Å²) in [4.78, 5) is 30.7. The minimum Gasteiger partial charge on any atom is -0.379 e. The van der Waals surface area contributed by atoms with Crippen molar-refractivity contribution in [2.45, 2.75) is 20.3 Å². The van der Waals surface area contributed by atoms with Crippen LogP contribution in [0.3, 0.4) is 0 Å². The van der Waals surface area contributed by atoms with Crippen molar-refractivity contribution in [1.29, 1.82) is 0 Å². The van der Waals surface area contributed by atoms with E-state index >= 15 is 0 Å². The maximum absolute atomic E-state index is 12.5. The molecule has 0 unspecified atom stereocenters. The zero-order valence-electron chi connectivity index (χ0n) is 15.0. The van der Waals surface area contributed by atoms with E-state index in [0.29, 0.717) is 58.1 Å². The van der Waals surface area contributed by atoms with Gasteiger partial charge in [0.2, 0.25) is 11.8 Å². The van der Waals surface area contributed by atoms with Crippen molar-refractivity contribution < 1.29 is 18.8 Å². The molecule has 8 heteroatoms. The Balaban J connectivity index is 1.46. The van der Waals surface area contributed by atoms with Gasteiger partial charge < -0.3 is 19.1 Å². The minimum absolute atomic E-state index is 0.0645.